The van der Waals surface area contributed by atoms with Crippen molar-refractivity contribution in [1.82, 2.24) is 19.8 Å². The number of phenolic OH excluding ortho intramolecular Hbond substituents is 1. The van der Waals surface area contributed by atoms with E-state index in [1.807, 2.05) is 51.5 Å². The first-order valence-electron chi connectivity index (χ1n) is 13.6. The third kappa shape index (κ3) is 5.93. The summed E-state index contributed by atoms with van der Waals surface area (Å²) in [6.45, 7) is 8.79. The van der Waals surface area contributed by atoms with E-state index in [1.54, 1.807) is 12.1 Å². The van der Waals surface area contributed by atoms with Gasteiger partial charge in [-0.2, -0.15) is 9.97 Å². The van der Waals surface area contributed by atoms with Crippen molar-refractivity contribution in [3.63, 3.8) is 0 Å². The number of rotatable bonds is 8. The molecule has 1 N–H and O–H groups in total. The molecule has 2 aromatic carbocycles. The van der Waals surface area contributed by atoms with E-state index in [2.05, 4.69) is 32.6 Å². The van der Waals surface area contributed by atoms with E-state index in [4.69, 9.17) is 14.7 Å². The topological polar surface area (TPSA) is 85.3 Å². The highest BCUT2D eigenvalue weighted by molar-refractivity contribution is 5.95. The van der Waals surface area contributed by atoms with Crippen LogP contribution in [-0.4, -0.2) is 90.1 Å². The maximum absolute atomic E-state index is 10.8. The van der Waals surface area contributed by atoms with Crippen LogP contribution in [0.5, 0.6) is 11.8 Å². The molecule has 0 saturated carbocycles. The van der Waals surface area contributed by atoms with E-state index < -0.39 is 0 Å². The monoisotopic (exact) mass is 530 g/mol. The Kier molecular flexibility index (Phi) is 7.88. The van der Waals surface area contributed by atoms with Crippen molar-refractivity contribution in [2.45, 2.75) is 39.0 Å². The van der Waals surface area contributed by atoms with E-state index in [-0.39, 0.29) is 17.9 Å². The van der Waals surface area contributed by atoms with Gasteiger partial charge in [-0.05, 0) is 51.9 Å². The number of fused-ring (bicyclic) bond motifs is 2. The Bertz CT molecular complexity index is 1360. The van der Waals surface area contributed by atoms with Gasteiger partial charge in [0.1, 0.15) is 24.0 Å². The summed E-state index contributed by atoms with van der Waals surface area (Å²) in [4.78, 5) is 29.6. The number of anilines is 2. The lowest BCUT2D eigenvalue weighted by molar-refractivity contribution is -0.104. The predicted octanol–water partition coefficient (Wildman–Crippen LogP) is 3.45. The molecule has 9 nitrogen and oxygen atoms in total. The number of allylic oxidation sites excluding steroid dienone is 1. The molecule has 3 aromatic rings. The van der Waals surface area contributed by atoms with Crippen LogP contribution in [0.15, 0.2) is 48.7 Å². The predicted molar refractivity (Wildman–Crippen MR) is 155 cm³/mol. The molecule has 9 heteroatoms. The van der Waals surface area contributed by atoms with E-state index in [1.165, 1.54) is 0 Å². The van der Waals surface area contributed by atoms with Crippen LogP contribution in [0.2, 0.25) is 0 Å². The van der Waals surface area contributed by atoms with Gasteiger partial charge in [0.2, 0.25) is 0 Å². The molecule has 1 fully saturated rings. The van der Waals surface area contributed by atoms with Crippen LogP contribution in [-0.2, 0) is 17.8 Å². The first-order chi connectivity index (χ1) is 18.8. The summed E-state index contributed by atoms with van der Waals surface area (Å²) >= 11 is 0. The van der Waals surface area contributed by atoms with Crippen LogP contribution in [0.1, 0.15) is 25.1 Å². The molecule has 39 heavy (non-hydrogen) atoms. The number of benzene rings is 2. The summed E-state index contributed by atoms with van der Waals surface area (Å²) in [7, 11) is 4.05. The van der Waals surface area contributed by atoms with Crippen molar-refractivity contribution in [1.29, 1.82) is 0 Å². The fourth-order valence-corrected chi connectivity index (χ4v) is 5.75. The van der Waals surface area contributed by atoms with E-state index in [9.17, 15) is 9.90 Å². The zero-order valence-corrected chi connectivity index (χ0v) is 23.2. The molecule has 2 aliphatic heterocycles. The molecular formula is C30H38N6O3. The lowest BCUT2D eigenvalue weighted by Gasteiger charge is -2.42. The Morgan fingerprint density at radius 2 is 2.00 bits per heavy atom. The number of phenols is 1. The molecule has 3 heterocycles. The minimum atomic E-state index is -0.0663. The summed E-state index contributed by atoms with van der Waals surface area (Å²) in [5, 5.41) is 12.6. The normalized spacial score (nSPS) is 18.6. The Hall–Kier alpha value is -3.85. The van der Waals surface area contributed by atoms with Crippen molar-refractivity contribution < 1.29 is 14.6 Å². The average molecular weight is 531 g/mol. The Labute approximate surface area is 230 Å². The van der Waals surface area contributed by atoms with Gasteiger partial charge in [-0.1, -0.05) is 24.3 Å². The second-order valence-electron chi connectivity index (χ2n) is 10.8. The summed E-state index contributed by atoms with van der Waals surface area (Å²) in [5.41, 5.74) is 3.12. The molecule has 0 aliphatic carbocycles. The molecule has 0 bridgehead atoms. The number of hydrogen-bond acceptors (Lipinski definition) is 9. The zero-order valence-electron chi connectivity index (χ0n) is 23.2. The number of hydrogen-bond donors (Lipinski definition) is 1. The molecule has 206 valence electrons. The van der Waals surface area contributed by atoms with E-state index in [0.29, 0.717) is 12.6 Å². The van der Waals surface area contributed by atoms with Crippen LogP contribution in [0.4, 0.5) is 11.5 Å². The third-order valence-electron chi connectivity index (χ3n) is 7.42. The minimum absolute atomic E-state index is 0.0663. The fraction of sp³-hybridized carbons (Fsp3) is 0.433. The molecule has 0 unspecified atom stereocenters. The standard InChI is InChI=1S/C30H38N6O3/c1-21-18-34(11-7-15-37)13-14-36(21)29-26-10-12-35(28-17-24(38)16-23-8-5-6-9-25(23)28)20-27(26)31-30(32-29)39-22(2)19-33(3)4/h5-9,11,15-17,21-22,38H,10,12-14,18-20H2,1-4H3/t21-,22+/m0/s1. The Morgan fingerprint density at radius 3 is 2.77 bits per heavy atom. The lowest BCUT2D eigenvalue weighted by Crippen LogP contribution is -2.51. The van der Waals surface area contributed by atoms with Gasteiger partial charge in [0.15, 0.2) is 0 Å². The van der Waals surface area contributed by atoms with Gasteiger partial charge >= 0.3 is 6.01 Å². The van der Waals surface area contributed by atoms with Crippen LogP contribution >= 0.6 is 0 Å². The van der Waals surface area contributed by atoms with Crippen LogP contribution in [0.3, 0.4) is 0 Å². The minimum Gasteiger partial charge on any atom is -0.508 e. The number of piperazine rings is 1. The van der Waals surface area contributed by atoms with Gasteiger partial charge in [0.05, 0.1) is 12.2 Å². The number of likely N-dealkylation sites (N-methyl/N-ethyl adjacent to an activating group) is 1. The van der Waals surface area contributed by atoms with Gasteiger partial charge in [-0.3, -0.25) is 4.79 Å². The molecule has 2 aliphatic rings. The van der Waals surface area contributed by atoms with Crippen molar-refractivity contribution in [3.05, 3.63) is 59.9 Å². The average Bonchev–Trinajstić information content (AvgIpc) is 2.90. The summed E-state index contributed by atoms with van der Waals surface area (Å²) in [6.07, 6.45) is 4.96. The number of nitrogens with zero attached hydrogens (tertiary/aromatic N) is 6. The molecule has 1 saturated heterocycles. The quantitative estimate of drug-likeness (QED) is 0.348. The number of aromatic hydroxyl groups is 1. The summed E-state index contributed by atoms with van der Waals surface area (Å²) in [5.74, 6) is 1.20. The van der Waals surface area contributed by atoms with Crippen molar-refractivity contribution in [2.75, 3.05) is 56.6 Å². The van der Waals surface area contributed by atoms with Gasteiger partial charge < -0.3 is 29.4 Å². The van der Waals surface area contributed by atoms with Crippen molar-refractivity contribution >= 4 is 28.6 Å². The van der Waals surface area contributed by atoms with Crippen molar-refractivity contribution in [3.8, 4) is 11.8 Å². The molecule has 1 aromatic heterocycles. The SMILES string of the molecule is C[C@H](CN(C)C)Oc1nc2c(c(N3CCN(C=CC=O)C[C@@H]3C)n1)CCN(c1cc(O)cc3ccccc13)C2. The van der Waals surface area contributed by atoms with Crippen LogP contribution in [0, 0.1) is 0 Å². The highest BCUT2D eigenvalue weighted by atomic mass is 16.5. The Balaban J connectivity index is 1.50. The Morgan fingerprint density at radius 1 is 1.18 bits per heavy atom. The molecule has 5 rings (SSSR count). The first-order valence-corrected chi connectivity index (χ1v) is 13.6. The largest absolute Gasteiger partial charge is 0.508 e. The van der Waals surface area contributed by atoms with Crippen molar-refractivity contribution in [2.24, 2.45) is 0 Å². The maximum atomic E-state index is 10.8. The van der Waals surface area contributed by atoms with Crippen LogP contribution < -0.4 is 14.5 Å². The van der Waals surface area contributed by atoms with Gasteiger partial charge in [0.25, 0.3) is 0 Å². The lowest BCUT2D eigenvalue weighted by atomic mass is 10.0. The number of aromatic nitrogens is 2. The molecule has 0 radical (unpaired) electrons. The van der Waals surface area contributed by atoms with Gasteiger partial charge in [-0.15, -0.1) is 0 Å². The number of ether oxygens (including phenoxy) is 1. The van der Waals surface area contributed by atoms with Crippen LogP contribution in [0.25, 0.3) is 10.8 Å². The molecule has 2 atom stereocenters. The highest BCUT2D eigenvalue weighted by Crippen LogP contribution is 2.37. The second-order valence-corrected chi connectivity index (χ2v) is 10.8. The van der Waals surface area contributed by atoms with E-state index >= 15 is 0 Å². The number of aldehydes is 1. The fourth-order valence-electron chi connectivity index (χ4n) is 5.75. The number of carbonyl (C=O) groups excluding carboxylic acids is 1. The molecule has 0 amide bonds. The van der Waals surface area contributed by atoms with E-state index in [0.717, 1.165) is 79.0 Å². The van der Waals surface area contributed by atoms with Gasteiger partial charge in [-0.25, -0.2) is 0 Å². The number of carbonyl (C=O) groups is 1. The summed E-state index contributed by atoms with van der Waals surface area (Å²) < 4.78 is 6.25. The smallest absolute Gasteiger partial charge is 0.318 e. The third-order valence-corrected chi connectivity index (χ3v) is 7.42. The first kappa shape index (κ1) is 26.7. The molecule has 0 spiro atoms. The maximum Gasteiger partial charge on any atom is 0.318 e. The van der Waals surface area contributed by atoms with Gasteiger partial charge in [0, 0.05) is 67.7 Å². The highest BCUT2D eigenvalue weighted by Gasteiger charge is 2.31. The second kappa shape index (κ2) is 11.5. The summed E-state index contributed by atoms with van der Waals surface area (Å²) in [6, 6.07) is 12.4. The zero-order chi connectivity index (χ0) is 27.5. The molecular weight excluding hydrogens is 492 g/mol.